The molecule has 21 heavy (non-hydrogen) atoms. The van der Waals surface area contributed by atoms with Gasteiger partial charge in [0.2, 0.25) is 15.9 Å². The van der Waals surface area contributed by atoms with Gasteiger partial charge in [0.1, 0.15) is 5.82 Å². The maximum atomic E-state index is 13.2. The Balaban J connectivity index is 2.72. The third kappa shape index (κ3) is 5.12. The third-order valence-electron chi connectivity index (χ3n) is 2.62. The molecule has 116 valence electrons. The standard InChI is InChI=1S/C12H15FN2O5S/c13-10-5-4-8(7-9(10)12(17)18)21(19,20)15-6-2-1-3-11(14)16/h4-5,7,15H,1-3,6H2,(H2,14,16)(H,17,18). The smallest absolute Gasteiger partial charge is 0.338 e. The van der Waals surface area contributed by atoms with Gasteiger partial charge in [0.15, 0.2) is 0 Å². The fourth-order valence-electron chi connectivity index (χ4n) is 1.55. The molecular formula is C12H15FN2O5S. The average Bonchev–Trinajstić information content (AvgIpc) is 2.37. The van der Waals surface area contributed by atoms with Gasteiger partial charge < -0.3 is 10.8 Å². The summed E-state index contributed by atoms with van der Waals surface area (Å²) in [5, 5.41) is 8.75. The molecule has 0 unspecified atom stereocenters. The summed E-state index contributed by atoms with van der Waals surface area (Å²) >= 11 is 0. The Hall–Kier alpha value is -2.00. The lowest BCUT2D eigenvalue weighted by atomic mass is 10.2. The molecule has 0 spiro atoms. The number of halogens is 1. The third-order valence-corrected chi connectivity index (χ3v) is 4.08. The number of hydrogen-bond acceptors (Lipinski definition) is 4. The van der Waals surface area contributed by atoms with Crippen LogP contribution in [0.25, 0.3) is 0 Å². The maximum Gasteiger partial charge on any atom is 0.338 e. The molecule has 9 heteroatoms. The highest BCUT2D eigenvalue weighted by Crippen LogP contribution is 2.15. The fourth-order valence-corrected chi connectivity index (χ4v) is 2.65. The first kappa shape index (κ1) is 17.1. The van der Waals surface area contributed by atoms with Crippen molar-refractivity contribution in [1.82, 2.24) is 4.72 Å². The van der Waals surface area contributed by atoms with E-state index in [1.807, 2.05) is 0 Å². The zero-order valence-corrected chi connectivity index (χ0v) is 11.8. The zero-order chi connectivity index (χ0) is 16.0. The van der Waals surface area contributed by atoms with Gasteiger partial charge in [-0.2, -0.15) is 0 Å². The van der Waals surface area contributed by atoms with Crippen LogP contribution in [0.2, 0.25) is 0 Å². The van der Waals surface area contributed by atoms with Crippen LogP contribution in [0.1, 0.15) is 29.6 Å². The minimum Gasteiger partial charge on any atom is -0.478 e. The first-order chi connectivity index (χ1) is 9.74. The number of sulfonamides is 1. The number of aromatic carboxylic acids is 1. The van der Waals surface area contributed by atoms with Crippen molar-refractivity contribution in [3.63, 3.8) is 0 Å². The van der Waals surface area contributed by atoms with Gasteiger partial charge in [-0.05, 0) is 31.0 Å². The van der Waals surface area contributed by atoms with E-state index in [4.69, 9.17) is 10.8 Å². The zero-order valence-electron chi connectivity index (χ0n) is 11.0. The van der Waals surface area contributed by atoms with Crippen LogP contribution in [-0.2, 0) is 14.8 Å². The van der Waals surface area contributed by atoms with Gasteiger partial charge in [0.05, 0.1) is 10.5 Å². The van der Waals surface area contributed by atoms with Gasteiger partial charge >= 0.3 is 5.97 Å². The Kier molecular flexibility index (Phi) is 5.79. The molecule has 0 aliphatic heterocycles. The number of rotatable bonds is 8. The average molecular weight is 318 g/mol. The lowest BCUT2D eigenvalue weighted by molar-refractivity contribution is -0.118. The van der Waals surface area contributed by atoms with Crippen LogP contribution < -0.4 is 10.5 Å². The molecule has 0 bridgehead atoms. The molecule has 0 saturated heterocycles. The summed E-state index contributed by atoms with van der Waals surface area (Å²) in [5.41, 5.74) is 4.23. The number of benzene rings is 1. The number of nitrogens with one attached hydrogen (secondary N) is 1. The molecule has 1 rings (SSSR count). The van der Waals surface area contributed by atoms with E-state index >= 15 is 0 Å². The van der Waals surface area contributed by atoms with Crippen molar-refractivity contribution >= 4 is 21.9 Å². The van der Waals surface area contributed by atoms with Crippen molar-refractivity contribution < 1.29 is 27.5 Å². The number of unbranched alkanes of at least 4 members (excludes halogenated alkanes) is 1. The second-order valence-electron chi connectivity index (χ2n) is 4.27. The van der Waals surface area contributed by atoms with E-state index in [9.17, 15) is 22.4 Å². The monoisotopic (exact) mass is 318 g/mol. The van der Waals surface area contributed by atoms with Crippen molar-refractivity contribution in [3.05, 3.63) is 29.6 Å². The highest BCUT2D eigenvalue weighted by atomic mass is 32.2. The van der Waals surface area contributed by atoms with E-state index in [-0.39, 0.29) is 17.9 Å². The Morgan fingerprint density at radius 1 is 1.29 bits per heavy atom. The van der Waals surface area contributed by atoms with Gasteiger partial charge in [-0.3, -0.25) is 4.79 Å². The topological polar surface area (TPSA) is 127 Å². The van der Waals surface area contributed by atoms with E-state index in [1.165, 1.54) is 0 Å². The van der Waals surface area contributed by atoms with Crippen molar-refractivity contribution in [2.75, 3.05) is 6.54 Å². The molecule has 4 N–H and O–H groups in total. The SMILES string of the molecule is NC(=O)CCCCNS(=O)(=O)c1ccc(F)c(C(=O)O)c1. The van der Waals surface area contributed by atoms with Gasteiger partial charge in [-0.1, -0.05) is 0 Å². The maximum absolute atomic E-state index is 13.2. The Labute approximate surface area is 121 Å². The first-order valence-corrected chi connectivity index (χ1v) is 7.53. The molecular weight excluding hydrogens is 303 g/mol. The molecule has 0 saturated carbocycles. The van der Waals surface area contributed by atoms with Crippen LogP contribution in [0.5, 0.6) is 0 Å². The van der Waals surface area contributed by atoms with Crippen molar-refractivity contribution in [1.29, 1.82) is 0 Å². The summed E-state index contributed by atoms with van der Waals surface area (Å²) < 4.78 is 39.2. The number of primary amides is 1. The predicted octanol–water partition coefficient (Wildman–Crippen LogP) is 0.458. The Morgan fingerprint density at radius 3 is 2.52 bits per heavy atom. The van der Waals surface area contributed by atoms with Crippen molar-refractivity contribution in [2.45, 2.75) is 24.2 Å². The first-order valence-electron chi connectivity index (χ1n) is 6.05. The lowest BCUT2D eigenvalue weighted by Gasteiger charge is -2.07. The molecule has 0 heterocycles. The Bertz CT molecular complexity index is 645. The summed E-state index contributed by atoms with van der Waals surface area (Å²) in [5.74, 6) is -3.03. The number of carboxylic acids is 1. The summed E-state index contributed by atoms with van der Waals surface area (Å²) in [7, 11) is -3.93. The molecule has 7 nitrogen and oxygen atoms in total. The number of amides is 1. The van der Waals surface area contributed by atoms with Crippen molar-refractivity contribution in [3.8, 4) is 0 Å². The van der Waals surface area contributed by atoms with Crippen LogP contribution in [-0.4, -0.2) is 31.9 Å². The minimum atomic E-state index is -3.93. The number of carbonyl (C=O) groups is 2. The predicted molar refractivity (Wildman–Crippen MR) is 71.6 cm³/mol. The highest BCUT2D eigenvalue weighted by Gasteiger charge is 2.18. The molecule has 1 amide bonds. The summed E-state index contributed by atoms with van der Waals surface area (Å²) in [6.07, 6.45) is 0.984. The molecule has 0 aliphatic rings. The normalized spacial score (nSPS) is 11.3. The Morgan fingerprint density at radius 2 is 1.95 bits per heavy atom. The molecule has 0 aliphatic carbocycles. The van der Waals surface area contributed by atoms with E-state index in [2.05, 4.69) is 4.72 Å². The van der Waals surface area contributed by atoms with E-state index in [1.54, 1.807) is 0 Å². The van der Waals surface area contributed by atoms with Crippen LogP contribution in [0.15, 0.2) is 23.1 Å². The largest absolute Gasteiger partial charge is 0.478 e. The van der Waals surface area contributed by atoms with Gasteiger partial charge in [-0.15, -0.1) is 0 Å². The molecule has 0 atom stereocenters. The highest BCUT2D eigenvalue weighted by molar-refractivity contribution is 7.89. The molecule has 0 radical (unpaired) electrons. The number of nitrogens with two attached hydrogens (primary N) is 1. The fraction of sp³-hybridized carbons (Fsp3) is 0.333. The van der Waals surface area contributed by atoms with E-state index in [0.717, 1.165) is 18.2 Å². The summed E-state index contributed by atoms with van der Waals surface area (Å²) in [6, 6.07) is 2.52. The van der Waals surface area contributed by atoms with Crippen LogP contribution in [0.4, 0.5) is 4.39 Å². The number of carbonyl (C=O) groups excluding carboxylic acids is 1. The van der Waals surface area contributed by atoms with Gasteiger partial charge in [-0.25, -0.2) is 22.3 Å². The van der Waals surface area contributed by atoms with Gasteiger partial charge in [0.25, 0.3) is 0 Å². The van der Waals surface area contributed by atoms with E-state index in [0.29, 0.717) is 12.8 Å². The second-order valence-corrected chi connectivity index (χ2v) is 6.03. The van der Waals surface area contributed by atoms with Crippen LogP contribution in [0, 0.1) is 5.82 Å². The molecule has 1 aromatic carbocycles. The second kappa shape index (κ2) is 7.14. The van der Waals surface area contributed by atoms with E-state index < -0.39 is 33.3 Å². The van der Waals surface area contributed by atoms with Crippen LogP contribution in [0.3, 0.4) is 0 Å². The number of carboxylic acid groups (broad SMARTS) is 1. The quantitative estimate of drug-likeness (QED) is 0.600. The molecule has 1 aromatic rings. The van der Waals surface area contributed by atoms with Gasteiger partial charge in [0, 0.05) is 13.0 Å². The summed E-state index contributed by atoms with van der Waals surface area (Å²) in [6.45, 7) is 0.0649. The summed E-state index contributed by atoms with van der Waals surface area (Å²) in [4.78, 5) is 20.9. The van der Waals surface area contributed by atoms with Crippen molar-refractivity contribution in [2.24, 2.45) is 5.73 Å². The minimum absolute atomic E-state index is 0.0649. The van der Waals surface area contributed by atoms with Crippen LogP contribution >= 0.6 is 0 Å². The number of hydrogen-bond donors (Lipinski definition) is 3. The molecule has 0 fully saturated rings. The molecule has 0 aromatic heterocycles. The lowest BCUT2D eigenvalue weighted by Crippen LogP contribution is -2.25.